The number of ether oxygens (including phenoxy) is 2. The first kappa shape index (κ1) is 23.7. The van der Waals surface area contributed by atoms with Gasteiger partial charge in [-0.25, -0.2) is 0 Å². The highest BCUT2D eigenvalue weighted by atomic mass is 16.5. The summed E-state index contributed by atoms with van der Waals surface area (Å²) in [5.41, 5.74) is 1.10. The molecule has 0 unspecified atom stereocenters. The van der Waals surface area contributed by atoms with E-state index in [0.29, 0.717) is 12.6 Å². The van der Waals surface area contributed by atoms with Crippen LogP contribution in [-0.2, 0) is 6.54 Å². The fourth-order valence-electron chi connectivity index (χ4n) is 4.31. The maximum atomic E-state index is 6.34. The molecule has 1 aliphatic carbocycles. The van der Waals surface area contributed by atoms with Crippen molar-refractivity contribution in [1.82, 2.24) is 20.4 Å². The first-order chi connectivity index (χ1) is 15.2. The smallest absolute Gasteiger partial charge is 0.191 e. The van der Waals surface area contributed by atoms with Gasteiger partial charge in [-0.15, -0.1) is 0 Å². The molecule has 2 aliphatic rings. The largest absolute Gasteiger partial charge is 0.493 e. The van der Waals surface area contributed by atoms with Crippen LogP contribution in [0.3, 0.4) is 0 Å². The Labute approximate surface area is 188 Å². The third-order valence-electron chi connectivity index (χ3n) is 6.33. The minimum Gasteiger partial charge on any atom is -0.493 e. The van der Waals surface area contributed by atoms with E-state index in [2.05, 4.69) is 38.5 Å². The third kappa shape index (κ3) is 7.58. The monoisotopic (exact) mass is 431 g/mol. The number of likely N-dealkylation sites (N-methyl/N-ethyl adjacent to an activating group) is 1. The lowest BCUT2D eigenvalue weighted by Crippen LogP contribution is -2.44. The minimum absolute atomic E-state index is 0.299. The van der Waals surface area contributed by atoms with Gasteiger partial charge in [0.25, 0.3) is 0 Å². The van der Waals surface area contributed by atoms with E-state index < -0.39 is 0 Å². The van der Waals surface area contributed by atoms with Crippen LogP contribution in [-0.4, -0.2) is 82.3 Å². The lowest BCUT2D eigenvalue weighted by Gasteiger charge is -2.32. The summed E-state index contributed by atoms with van der Waals surface area (Å²) in [7, 11) is 5.73. The maximum absolute atomic E-state index is 6.34. The van der Waals surface area contributed by atoms with E-state index in [1.54, 1.807) is 7.11 Å². The Hall–Kier alpha value is -1.99. The summed E-state index contributed by atoms with van der Waals surface area (Å²) in [5.74, 6) is 2.50. The fourth-order valence-corrected chi connectivity index (χ4v) is 4.31. The number of nitrogens with zero attached hydrogens (tertiary/aromatic N) is 3. The van der Waals surface area contributed by atoms with Crippen LogP contribution < -0.4 is 20.1 Å². The van der Waals surface area contributed by atoms with Gasteiger partial charge >= 0.3 is 0 Å². The van der Waals surface area contributed by atoms with Crippen molar-refractivity contribution in [2.75, 3.05) is 60.5 Å². The number of hydrogen-bond donors (Lipinski definition) is 2. The highest BCUT2D eigenvalue weighted by molar-refractivity contribution is 5.79. The normalized spacial score (nSPS) is 18.9. The molecule has 7 heteroatoms. The molecule has 1 aromatic rings. The van der Waals surface area contributed by atoms with E-state index >= 15 is 0 Å². The molecule has 0 spiro atoms. The van der Waals surface area contributed by atoms with Crippen molar-refractivity contribution < 1.29 is 9.47 Å². The molecule has 0 amide bonds. The number of para-hydroxylation sites is 1. The fraction of sp³-hybridized carbons (Fsp3) is 0.708. The molecule has 0 aromatic heterocycles. The van der Waals surface area contributed by atoms with E-state index in [0.717, 1.165) is 48.8 Å². The summed E-state index contributed by atoms with van der Waals surface area (Å²) in [4.78, 5) is 9.36. The first-order valence-corrected chi connectivity index (χ1v) is 11.9. The summed E-state index contributed by atoms with van der Waals surface area (Å²) >= 11 is 0. The Kier molecular flexibility index (Phi) is 9.75. The third-order valence-corrected chi connectivity index (χ3v) is 6.33. The molecule has 0 radical (unpaired) electrons. The molecule has 7 nitrogen and oxygen atoms in total. The topological polar surface area (TPSA) is 61.4 Å². The molecule has 2 fully saturated rings. The molecule has 1 saturated carbocycles. The van der Waals surface area contributed by atoms with E-state index in [9.17, 15) is 0 Å². The van der Waals surface area contributed by atoms with Gasteiger partial charge in [0.15, 0.2) is 17.5 Å². The molecule has 1 aromatic carbocycles. The van der Waals surface area contributed by atoms with Crippen molar-refractivity contribution in [2.24, 2.45) is 4.99 Å². The van der Waals surface area contributed by atoms with Crippen molar-refractivity contribution in [2.45, 2.75) is 51.2 Å². The SMILES string of the molecule is CN=C(NCCCCN1CCN(C)CC1)NCc1cccc(OC)c1OC1CCCC1. The van der Waals surface area contributed by atoms with Crippen LogP contribution in [0.25, 0.3) is 0 Å². The Morgan fingerprint density at radius 1 is 1.10 bits per heavy atom. The van der Waals surface area contributed by atoms with Gasteiger partial charge in [-0.05, 0) is 58.2 Å². The van der Waals surface area contributed by atoms with Crippen molar-refractivity contribution >= 4 is 5.96 Å². The number of nitrogens with one attached hydrogen (secondary N) is 2. The van der Waals surface area contributed by atoms with E-state index in [1.165, 1.54) is 52.0 Å². The lowest BCUT2D eigenvalue weighted by atomic mass is 10.1. The molecule has 3 rings (SSSR count). The standard InChI is InChI=1S/C24H41N5O2/c1-25-24(26-13-6-7-14-29-17-15-28(2)16-18-29)27-19-20-9-8-12-22(30-3)23(20)31-21-10-4-5-11-21/h8-9,12,21H,4-7,10-11,13-19H2,1-3H3,(H2,25,26,27). The summed E-state index contributed by atoms with van der Waals surface area (Å²) in [6.07, 6.45) is 7.40. The van der Waals surface area contributed by atoms with Crippen LogP contribution in [0.15, 0.2) is 23.2 Å². The van der Waals surface area contributed by atoms with Crippen LogP contribution in [0.5, 0.6) is 11.5 Å². The van der Waals surface area contributed by atoms with Gasteiger partial charge in [0.2, 0.25) is 0 Å². The summed E-state index contributed by atoms with van der Waals surface area (Å²) in [5, 5.41) is 6.88. The van der Waals surface area contributed by atoms with Crippen LogP contribution >= 0.6 is 0 Å². The number of piperazine rings is 1. The highest BCUT2D eigenvalue weighted by Crippen LogP contribution is 2.34. The van der Waals surface area contributed by atoms with Gasteiger partial charge in [0, 0.05) is 51.9 Å². The minimum atomic E-state index is 0.299. The number of aliphatic imine (C=N–C) groups is 1. The zero-order valence-corrected chi connectivity index (χ0v) is 19.7. The molecule has 174 valence electrons. The molecule has 1 saturated heterocycles. The highest BCUT2D eigenvalue weighted by Gasteiger charge is 2.20. The molecule has 1 heterocycles. The van der Waals surface area contributed by atoms with E-state index in [4.69, 9.17) is 9.47 Å². The van der Waals surface area contributed by atoms with Gasteiger partial charge in [-0.2, -0.15) is 0 Å². The summed E-state index contributed by atoms with van der Waals surface area (Å²) in [6, 6.07) is 6.09. The van der Waals surface area contributed by atoms with Gasteiger partial charge in [-0.3, -0.25) is 4.99 Å². The van der Waals surface area contributed by atoms with Crippen LogP contribution in [0, 0.1) is 0 Å². The molecule has 2 N–H and O–H groups in total. The molecule has 0 bridgehead atoms. The number of methoxy groups -OCH3 is 1. The Morgan fingerprint density at radius 3 is 2.58 bits per heavy atom. The van der Waals surface area contributed by atoms with Crippen LogP contribution in [0.2, 0.25) is 0 Å². The van der Waals surface area contributed by atoms with Gasteiger partial charge in [0.1, 0.15) is 0 Å². The summed E-state index contributed by atoms with van der Waals surface area (Å²) in [6.45, 7) is 7.53. The van der Waals surface area contributed by atoms with Crippen LogP contribution in [0.4, 0.5) is 0 Å². The van der Waals surface area contributed by atoms with Crippen molar-refractivity contribution in [1.29, 1.82) is 0 Å². The number of unbranched alkanes of at least 4 members (excludes halogenated alkanes) is 1. The van der Waals surface area contributed by atoms with Gasteiger partial charge in [-0.1, -0.05) is 12.1 Å². The van der Waals surface area contributed by atoms with E-state index in [-0.39, 0.29) is 0 Å². The predicted molar refractivity (Wildman–Crippen MR) is 127 cm³/mol. The van der Waals surface area contributed by atoms with Crippen molar-refractivity contribution in [3.8, 4) is 11.5 Å². The zero-order valence-electron chi connectivity index (χ0n) is 19.7. The molecular weight excluding hydrogens is 390 g/mol. The first-order valence-electron chi connectivity index (χ1n) is 11.9. The van der Waals surface area contributed by atoms with Crippen molar-refractivity contribution in [3.05, 3.63) is 23.8 Å². The zero-order chi connectivity index (χ0) is 21.9. The molecule has 1 aliphatic heterocycles. The maximum Gasteiger partial charge on any atom is 0.191 e. The Bertz CT molecular complexity index is 683. The Balaban J connectivity index is 1.41. The van der Waals surface area contributed by atoms with Gasteiger partial charge < -0.3 is 29.9 Å². The second-order valence-corrected chi connectivity index (χ2v) is 8.68. The second-order valence-electron chi connectivity index (χ2n) is 8.68. The average molecular weight is 432 g/mol. The Morgan fingerprint density at radius 2 is 1.87 bits per heavy atom. The van der Waals surface area contributed by atoms with Crippen molar-refractivity contribution in [3.63, 3.8) is 0 Å². The number of benzene rings is 1. The second kappa shape index (κ2) is 12.8. The average Bonchev–Trinajstić information content (AvgIpc) is 3.31. The molecule has 31 heavy (non-hydrogen) atoms. The van der Waals surface area contributed by atoms with Crippen LogP contribution in [0.1, 0.15) is 44.1 Å². The number of hydrogen-bond acceptors (Lipinski definition) is 5. The quantitative estimate of drug-likeness (QED) is 0.337. The molecular formula is C24H41N5O2. The predicted octanol–water partition coefficient (Wildman–Crippen LogP) is 2.71. The van der Waals surface area contributed by atoms with Gasteiger partial charge in [0.05, 0.1) is 13.2 Å². The number of guanidine groups is 1. The summed E-state index contributed by atoms with van der Waals surface area (Å²) < 4.78 is 11.9. The number of rotatable bonds is 10. The van der Waals surface area contributed by atoms with E-state index in [1.807, 2.05) is 19.2 Å². The lowest BCUT2D eigenvalue weighted by molar-refractivity contribution is 0.152. The molecule has 0 atom stereocenters.